The first kappa shape index (κ1) is 27.2. The van der Waals surface area contributed by atoms with Crippen LogP contribution in [0.25, 0.3) is 0 Å². The predicted molar refractivity (Wildman–Crippen MR) is 156 cm³/mol. The molecular weight excluding hydrogens is 492 g/mol. The van der Waals surface area contributed by atoms with E-state index in [0.29, 0.717) is 18.1 Å². The van der Waals surface area contributed by atoms with Crippen molar-refractivity contribution < 1.29 is 9.84 Å². The molecule has 1 atom stereocenters. The average molecular weight is 533 g/mol. The summed E-state index contributed by atoms with van der Waals surface area (Å²) in [5.41, 5.74) is 2.77. The van der Waals surface area contributed by atoms with Crippen LogP contribution < -0.4 is 4.74 Å². The van der Waals surface area contributed by atoms with Gasteiger partial charge in [-0.25, -0.2) is 0 Å². The van der Waals surface area contributed by atoms with Crippen LogP contribution in [0.2, 0.25) is 5.02 Å². The lowest BCUT2D eigenvalue weighted by atomic mass is 9.81. The smallest absolute Gasteiger partial charge is 0.119 e. The van der Waals surface area contributed by atoms with Crippen molar-refractivity contribution in [2.24, 2.45) is 0 Å². The summed E-state index contributed by atoms with van der Waals surface area (Å²) in [7, 11) is 0. The van der Waals surface area contributed by atoms with Gasteiger partial charge in [0.2, 0.25) is 0 Å². The van der Waals surface area contributed by atoms with Crippen molar-refractivity contribution in [3.05, 3.63) is 100 Å². The van der Waals surface area contributed by atoms with Crippen LogP contribution in [0.15, 0.2) is 72.8 Å². The molecule has 1 N–H and O–H groups in total. The van der Waals surface area contributed by atoms with E-state index in [1.54, 1.807) is 0 Å². The third-order valence-electron chi connectivity index (χ3n) is 8.37. The molecule has 0 radical (unpaired) electrons. The largest absolute Gasteiger partial charge is 0.492 e. The quantitative estimate of drug-likeness (QED) is 0.343. The van der Waals surface area contributed by atoms with E-state index in [1.165, 1.54) is 50.8 Å². The van der Waals surface area contributed by atoms with E-state index in [9.17, 15) is 5.11 Å². The minimum Gasteiger partial charge on any atom is -0.492 e. The number of ether oxygens (including phenoxy) is 1. The van der Waals surface area contributed by atoms with Crippen LogP contribution in [0.3, 0.4) is 0 Å². The Kier molecular flexibility index (Phi) is 9.06. The molecule has 2 aliphatic heterocycles. The number of hydrogen-bond donors (Lipinski definition) is 1. The van der Waals surface area contributed by atoms with E-state index in [-0.39, 0.29) is 0 Å². The van der Waals surface area contributed by atoms with Gasteiger partial charge in [-0.2, -0.15) is 0 Å². The Morgan fingerprint density at radius 3 is 2.05 bits per heavy atom. The molecule has 0 bridgehead atoms. The molecule has 0 saturated carbocycles. The fraction of sp³-hybridized carbons (Fsp3) is 0.455. The van der Waals surface area contributed by atoms with Crippen LogP contribution in [-0.2, 0) is 12.0 Å². The zero-order valence-corrected chi connectivity index (χ0v) is 23.4. The van der Waals surface area contributed by atoms with Crippen LogP contribution in [-0.4, -0.2) is 60.3 Å². The Balaban J connectivity index is 1.18. The number of benzene rings is 3. The third-order valence-corrected chi connectivity index (χ3v) is 8.63. The molecule has 202 valence electrons. The minimum atomic E-state index is -1.15. The number of halogens is 1. The number of aliphatic hydroxyl groups is 1. The van der Waals surface area contributed by atoms with Crippen molar-refractivity contribution in [1.29, 1.82) is 0 Å². The lowest BCUT2D eigenvalue weighted by molar-refractivity contribution is 0.0808. The van der Waals surface area contributed by atoms with Gasteiger partial charge in [0.05, 0.1) is 0 Å². The number of rotatable bonds is 9. The third kappa shape index (κ3) is 6.79. The van der Waals surface area contributed by atoms with Crippen molar-refractivity contribution in [1.82, 2.24) is 9.80 Å². The molecule has 3 aromatic carbocycles. The monoisotopic (exact) mass is 532 g/mol. The average Bonchev–Trinajstić information content (AvgIpc) is 2.96. The molecule has 38 heavy (non-hydrogen) atoms. The summed E-state index contributed by atoms with van der Waals surface area (Å²) in [6.45, 7) is 8.62. The van der Waals surface area contributed by atoms with Crippen LogP contribution in [0.5, 0.6) is 5.75 Å². The first-order chi connectivity index (χ1) is 18.5. The van der Waals surface area contributed by atoms with Crippen molar-refractivity contribution >= 4 is 11.6 Å². The van der Waals surface area contributed by atoms with Gasteiger partial charge in [-0.15, -0.1) is 0 Å². The van der Waals surface area contributed by atoms with Crippen LogP contribution in [0.4, 0.5) is 0 Å². The number of likely N-dealkylation sites (tertiary alicyclic amines) is 2. The zero-order valence-electron chi connectivity index (χ0n) is 22.6. The first-order valence-corrected chi connectivity index (χ1v) is 14.6. The molecule has 1 unspecified atom stereocenters. The summed E-state index contributed by atoms with van der Waals surface area (Å²) in [5, 5.41) is 12.7. The Morgan fingerprint density at radius 2 is 1.42 bits per heavy atom. The second-order valence-electron chi connectivity index (χ2n) is 11.1. The van der Waals surface area contributed by atoms with Gasteiger partial charge in [-0.3, -0.25) is 4.90 Å². The highest BCUT2D eigenvalue weighted by Gasteiger charge is 2.32. The zero-order chi connectivity index (χ0) is 26.4. The Labute approximate surface area is 233 Å². The molecule has 0 amide bonds. The Morgan fingerprint density at radius 1 is 0.816 bits per heavy atom. The fourth-order valence-electron chi connectivity index (χ4n) is 6.01. The Hall–Kier alpha value is -2.37. The first-order valence-electron chi connectivity index (χ1n) is 14.2. The lowest BCUT2D eigenvalue weighted by Crippen LogP contribution is -2.47. The maximum absolute atomic E-state index is 12.0. The molecule has 2 aliphatic rings. The number of aryl methyl sites for hydroxylation is 1. The highest BCUT2D eigenvalue weighted by molar-refractivity contribution is 6.30. The lowest BCUT2D eigenvalue weighted by Gasteiger charge is -2.40. The molecule has 0 spiro atoms. The van der Waals surface area contributed by atoms with Gasteiger partial charge in [0.25, 0.3) is 0 Å². The van der Waals surface area contributed by atoms with E-state index in [0.717, 1.165) is 48.1 Å². The van der Waals surface area contributed by atoms with E-state index in [2.05, 4.69) is 28.9 Å². The van der Waals surface area contributed by atoms with Crippen molar-refractivity contribution in [3.8, 4) is 5.75 Å². The summed E-state index contributed by atoms with van der Waals surface area (Å²) in [6, 6.07) is 24.6. The van der Waals surface area contributed by atoms with Crippen LogP contribution in [0.1, 0.15) is 54.4 Å². The van der Waals surface area contributed by atoms with E-state index >= 15 is 0 Å². The summed E-state index contributed by atoms with van der Waals surface area (Å²) in [6.07, 6.45) is 7.16. The van der Waals surface area contributed by atoms with E-state index in [4.69, 9.17) is 16.3 Å². The molecule has 2 heterocycles. The summed E-state index contributed by atoms with van der Waals surface area (Å²) >= 11 is 6.10. The molecule has 3 aromatic rings. The molecule has 0 aromatic heterocycles. The number of piperidine rings is 2. The van der Waals surface area contributed by atoms with Gasteiger partial charge in [-0.05, 0) is 99.7 Å². The minimum absolute atomic E-state index is 0.459. The van der Waals surface area contributed by atoms with Crippen molar-refractivity contribution in [3.63, 3.8) is 0 Å². The highest BCUT2D eigenvalue weighted by atomic mass is 35.5. The molecule has 2 fully saturated rings. The predicted octanol–water partition coefficient (Wildman–Crippen LogP) is 6.46. The summed E-state index contributed by atoms with van der Waals surface area (Å²) in [4.78, 5) is 5.26. The molecule has 0 aliphatic carbocycles. The number of nitrogens with zero attached hydrogens (tertiary/aromatic N) is 2. The van der Waals surface area contributed by atoms with Crippen LogP contribution in [0, 0.1) is 6.92 Å². The SMILES string of the molecule is Cc1ccc(C(O)(Cc2ccc(Cl)cc2)c2ccc(OCCN3CCC(N4CCCCC4)CC3)cc2)cc1. The molecule has 2 saturated heterocycles. The van der Waals surface area contributed by atoms with E-state index in [1.807, 2.05) is 60.7 Å². The fourth-order valence-corrected chi connectivity index (χ4v) is 6.13. The van der Waals surface area contributed by atoms with Gasteiger partial charge >= 0.3 is 0 Å². The van der Waals surface area contributed by atoms with Crippen molar-refractivity contribution in [2.75, 3.05) is 39.3 Å². The second kappa shape index (κ2) is 12.7. The normalized spacial score (nSPS) is 19.2. The molecule has 5 heteroatoms. The van der Waals surface area contributed by atoms with Gasteiger partial charge in [0.15, 0.2) is 0 Å². The Bertz CT molecular complexity index is 1140. The van der Waals surface area contributed by atoms with Gasteiger partial charge in [-0.1, -0.05) is 72.1 Å². The number of hydrogen-bond acceptors (Lipinski definition) is 4. The topological polar surface area (TPSA) is 35.9 Å². The summed E-state index contributed by atoms with van der Waals surface area (Å²) < 4.78 is 6.12. The maximum Gasteiger partial charge on any atom is 0.119 e. The molecule has 4 nitrogen and oxygen atoms in total. The maximum atomic E-state index is 12.0. The van der Waals surface area contributed by atoms with E-state index < -0.39 is 5.60 Å². The standard InChI is InChI=1S/C33H41ClN2O2/c1-26-5-9-28(10-6-26)33(37,25-27-7-13-30(34)14-8-27)29-11-15-32(16-12-29)38-24-23-35-21-17-31(18-22-35)36-19-3-2-4-20-36/h5-16,31,37H,2-4,17-25H2,1H3. The van der Waals surface area contributed by atoms with Gasteiger partial charge < -0.3 is 14.7 Å². The second-order valence-corrected chi connectivity index (χ2v) is 11.5. The van der Waals surface area contributed by atoms with Gasteiger partial charge in [0.1, 0.15) is 18.0 Å². The van der Waals surface area contributed by atoms with Crippen LogP contribution >= 0.6 is 11.6 Å². The summed E-state index contributed by atoms with van der Waals surface area (Å²) in [5.74, 6) is 0.842. The molecular formula is C33H41ClN2O2. The van der Waals surface area contributed by atoms with Gasteiger partial charge in [0, 0.05) is 24.0 Å². The highest BCUT2D eigenvalue weighted by Crippen LogP contribution is 2.35. The van der Waals surface area contributed by atoms with Crippen molar-refractivity contribution in [2.45, 2.75) is 57.1 Å². The molecule has 5 rings (SSSR count).